The van der Waals surface area contributed by atoms with Crippen molar-refractivity contribution < 1.29 is 26.4 Å². The molecule has 5 rings (SSSR count). The number of benzene rings is 2. The normalized spacial score (nSPS) is 30.3. The summed E-state index contributed by atoms with van der Waals surface area (Å²) in [6.07, 6.45) is 0.856. The number of aromatic hydroxyl groups is 1. The third-order valence-electron chi connectivity index (χ3n) is 4.90. The Morgan fingerprint density at radius 1 is 1.16 bits per heavy atom. The monoisotopic (exact) mass is 445 g/mol. The number of amides is 1. The molecule has 1 aromatic heterocycles. The van der Waals surface area contributed by atoms with E-state index in [0.717, 1.165) is 12.3 Å². The lowest BCUT2D eigenvalue weighted by Crippen LogP contribution is -2.57. The van der Waals surface area contributed by atoms with Gasteiger partial charge < -0.3 is 10.0 Å². The van der Waals surface area contributed by atoms with Crippen LogP contribution >= 0.6 is 11.8 Å². The maximum atomic E-state index is 13.9. The van der Waals surface area contributed by atoms with Gasteiger partial charge in [-0.05, 0) is 36.5 Å². The van der Waals surface area contributed by atoms with Crippen molar-refractivity contribution in [3.63, 3.8) is 0 Å². The summed E-state index contributed by atoms with van der Waals surface area (Å²) in [7, 11) is 0. The molecule has 0 aliphatic carbocycles. The quantitative estimate of drug-likeness (QED) is 0.651. The Labute approximate surface area is 201 Å². The highest BCUT2D eigenvalue weighted by molar-refractivity contribution is 7.98. The number of thioether (sulfide) groups is 1. The van der Waals surface area contributed by atoms with E-state index in [1.807, 2.05) is 0 Å². The SMILES string of the molecule is [2H]C1([2H])Sc2ccccc2C([2H])(N2n3ccc(=O)c(O)c3C(=O)N(C([2H])(C([2H])([2H])[2H])C([2H])([2H])[2H])C2([2H])[2H])c2ccccc21. The van der Waals surface area contributed by atoms with E-state index in [1.165, 1.54) is 42.5 Å². The number of carbonyl (C=O) groups excluding carboxylic acids is 1. The van der Waals surface area contributed by atoms with Crippen LogP contribution in [0.25, 0.3) is 0 Å². The van der Waals surface area contributed by atoms with E-state index in [2.05, 4.69) is 0 Å². The molecule has 158 valence electrons. The van der Waals surface area contributed by atoms with Crippen LogP contribution < -0.4 is 10.4 Å². The largest absolute Gasteiger partial charge is 0.502 e. The summed E-state index contributed by atoms with van der Waals surface area (Å²) < 4.78 is 103. The van der Waals surface area contributed by atoms with E-state index >= 15 is 0 Å². The lowest BCUT2D eigenvalue weighted by Gasteiger charge is -2.45. The summed E-state index contributed by atoms with van der Waals surface area (Å²) in [5, 5.41) is 11.2. The van der Waals surface area contributed by atoms with Gasteiger partial charge in [0.1, 0.15) is 6.62 Å². The second-order valence-electron chi connectivity index (χ2n) is 6.72. The maximum absolute atomic E-state index is 13.9. The third-order valence-corrected chi connectivity index (χ3v) is 5.80. The van der Waals surface area contributed by atoms with Gasteiger partial charge in [0.05, 0.1) is 11.5 Å². The van der Waals surface area contributed by atoms with Crippen LogP contribution in [0.15, 0.2) is 70.5 Å². The minimum Gasteiger partial charge on any atom is -0.502 e. The van der Waals surface area contributed by atoms with Crippen molar-refractivity contribution in [2.75, 3.05) is 11.6 Å². The zero-order valence-electron chi connectivity index (χ0n) is 27.8. The number of nitrogens with zero attached hydrogens (tertiary/aromatic N) is 3. The minimum atomic E-state index is -4.01. The number of pyridine rings is 1. The van der Waals surface area contributed by atoms with Crippen LogP contribution in [0.2, 0.25) is 0 Å². The van der Waals surface area contributed by atoms with E-state index in [-0.39, 0.29) is 26.5 Å². The van der Waals surface area contributed by atoms with E-state index in [0.29, 0.717) is 21.4 Å². The number of fused-ring (bicyclic) bond motifs is 3. The molecule has 0 spiro atoms. The average Bonchev–Trinajstić information content (AvgIpc) is 2.95. The third kappa shape index (κ3) is 3.11. The van der Waals surface area contributed by atoms with Crippen LogP contribution in [0.4, 0.5) is 0 Å². The first-order valence-corrected chi connectivity index (χ1v) is 9.93. The Morgan fingerprint density at radius 2 is 1.90 bits per heavy atom. The fraction of sp³-hybridized carbons (Fsp3) is 0.250. The molecule has 0 saturated heterocycles. The van der Waals surface area contributed by atoms with Gasteiger partial charge in [0.2, 0.25) is 5.43 Å². The van der Waals surface area contributed by atoms with Gasteiger partial charge in [-0.3, -0.25) is 19.3 Å². The van der Waals surface area contributed by atoms with Crippen molar-refractivity contribution >= 4 is 17.7 Å². The molecule has 2 aliphatic rings. The van der Waals surface area contributed by atoms with Crippen molar-refractivity contribution in [2.45, 2.75) is 36.3 Å². The Hall–Kier alpha value is -3.19. The molecule has 2 aromatic carbocycles. The fourth-order valence-electron chi connectivity index (χ4n) is 3.50. The van der Waals surface area contributed by atoms with Gasteiger partial charge in [0, 0.05) is 39.8 Å². The Bertz CT molecular complexity index is 1690. The summed E-state index contributed by atoms with van der Waals surface area (Å²) in [6.45, 7) is -11.4. The summed E-state index contributed by atoms with van der Waals surface area (Å²) >= 11 is 0.704. The zero-order valence-corrected chi connectivity index (χ0v) is 16.6. The molecular formula is C24H23N3O3S. The standard InChI is InChI=1S/C24H23N3O3S/c1-15(2)25-14-27(26-12-11-19(28)23(29)22(26)24(25)30)21-17-8-4-3-7-16(17)13-31-20-10-6-5-9-18(20)21/h3-12,15,21,29H,13-14H2,1-2H3/i1D3,2D3,13D2,14D2,15D,21D. The van der Waals surface area contributed by atoms with Gasteiger partial charge >= 0.3 is 0 Å². The highest BCUT2D eigenvalue weighted by Gasteiger charge is 2.39. The van der Waals surface area contributed by atoms with Crippen LogP contribution in [0, 0.1) is 0 Å². The number of hydrogen-bond acceptors (Lipinski definition) is 5. The summed E-state index contributed by atoms with van der Waals surface area (Å²) in [5.41, 5.74) is -4.80. The average molecular weight is 446 g/mol. The van der Waals surface area contributed by atoms with Gasteiger partial charge in [-0.25, -0.2) is 0 Å². The van der Waals surface area contributed by atoms with Crippen LogP contribution in [-0.2, 0) is 5.70 Å². The van der Waals surface area contributed by atoms with Crippen LogP contribution in [-0.4, -0.2) is 33.2 Å². The molecule has 1 atom stereocenters. The second kappa shape index (κ2) is 7.50. The molecule has 1 amide bonds. The van der Waals surface area contributed by atoms with Gasteiger partial charge in [0.25, 0.3) is 5.91 Å². The fourth-order valence-corrected chi connectivity index (χ4v) is 4.32. The molecule has 0 bridgehead atoms. The van der Waals surface area contributed by atoms with Crippen molar-refractivity contribution in [1.82, 2.24) is 9.58 Å². The predicted molar refractivity (Wildman–Crippen MR) is 121 cm³/mol. The molecule has 0 fully saturated rings. The summed E-state index contributed by atoms with van der Waals surface area (Å²) in [6, 6.07) is 5.62. The summed E-state index contributed by atoms with van der Waals surface area (Å²) in [4.78, 5) is 26.2. The lowest BCUT2D eigenvalue weighted by molar-refractivity contribution is 0.0621. The van der Waals surface area contributed by atoms with Gasteiger partial charge in [-0.15, -0.1) is 11.8 Å². The highest BCUT2D eigenvalue weighted by atomic mass is 32.2. The van der Waals surface area contributed by atoms with Gasteiger partial charge in [-0.1, -0.05) is 42.5 Å². The Balaban J connectivity index is 2.00. The van der Waals surface area contributed by atoms with E-state index in [1.54, 1.807) is 6.07 Å². The van der Waals surface area contributed by atoms with Crippen LogP contribution in [0.5, 0.6) is 5.75 Å². The molecule has 0 saturated carbocycles. The molecule has 31 heavy (non-hydrogen) atoms. The number of carbonyl (C=O) groups is 1. The number of hydrogen-bond donors (Lipinski definition) is 1. The summed E-state index contributed by atoms with van der Waals surface area (Å²) in [5.74, 6) is -3.11. The Kier molecular flexibility index (Phi) is 2.52. The Morgan fingerprint density at radius 3 is 2.71 bits per heavy atom. The van der Waals surface area contributed by atoms with Gasteiger partial charge in [-0.2, -0.15) is 0 Å². The van der Waals surface area contributed by atoms with Crippen LogP contribution in [0.1, 0.15) is 63.3 Å². The second-order valence-corrected chi connectivity index (χ2v) is 7.57. The molecule has 3 aromatic rings. The number of aromatic nitrogens is 1. The van der Waals surface area contributed by atoms with Crippen molar-refractivity contribution in [3.8, 4) is 5.75 Å². The van der Waals surface area contributed by atoms with Gasteiger partial charge in [0.15, 0.2) is 11.4 Å². The molecule has 1 unspecified atom stereocenters. The first-order chi connectivity index (χ1) is 19.6. The first-order valence-electron chi connectivity index (χ1n) is 15.1. The molecule has 0 radical (unpaired) electrons. The molecule has 6 nitrogen and oxygen atoms in total. The molecule has 1 N–H and O–H groups in total. The van der Waals surface area contributed by atoms with E-state index in [4.69, 9.17) is 12.3 Å². The molecule has 3 heterocycles. The highest BCUT2D eigenvalue weighted by Crippen LogP contribution is 2.42. The van der Waals surface area contributed by atoms with Crippen molar-refractivity contribution in [2.24, 2.45) is 0 Å². The molecular weight excluding hydrogens is 410 g/mol. The number of rotatable bonds is 2. The van der Waals surface area contributed by atoms with Crippen molar-refractivity contribution in [3.05, 3.63) is 93.4 Å². The smallest absolute Gasteiger partial charge is 0.278 e. The predicted octanol–water partition coefficient (Wildman–Crippen LogP) is 3.71. The lowest BCUT2D eigenvalue weighted by atomic mass is 9.94. The topological polar surface area (TPSA) is 65.8 Å². The van der Waals surface area contributed by atoms with E-state index in [9.17, 15) is 18.8 Å². The minimum absolute atomic E-state index is 0.0607. The molecule has 2 aliphatic heterocycles. The maximum Gasteiger partial charge on any atom is 0.278 e. The van der Waals surface area contributed by atoms with E-state index < -0.39 is 60.8 Å². The van der Waals surface area contributed by atoms with Crippen molar-refractivity contribution in [1.29, 1.82) is 0 Å². The zero-order chi connectivity index (χ0) is 32.1. The molecule has 7 heteroatoms. The van der Waals surface area contributed by atoms with Crippen LogP contribution in [0.3, 0.4) is 0 Å². The first kappa shape index (κ1) is 10.4.